The lowest BCUT2D eigenvalue weighted by molar-refractivity contribution is -0.149. The van der Waals surface area contributed by atoms with E-state index in [0.29, 0.717) is 16.3 Å². The number of nitriles is 1. The van der Waals surface area contributed by atoms with E-state index in [9.17, 15) is 19.6 Å². The van der Waals surface area contributed by atoms with Gasteiger partial charge in [0.15, 0.2) is 6.61 Å². The smallest absolute Gasteiger partial charge is 0.329 e. The van der Waals surface area contributed by atoms with E-state index in [0.717, 1.165) is 16.5 Å². The van der Waals surface area contributed by atoms with Gasteiger partial charge in [-0.15, -0.1) is 0 Å². The van der Waals surface area contributed by atoms with Gasteiger partial charge in [-0.3, -0.25) is 9.59 Å². The molecule has 4 aromatic rings. The predicted molar refractivity (Wildman–Crippen MR) is 135 cm³/mol. The summed E-state index contributed by atoms with van der Waals surface area (Å²) in [5.74, 6) is -1.87. The Morgan fingerprint density at radius 3 is 2.50 bits per heavy atom. The molecule has 8 nitrogen and oxygen atoms in total. The van der Waals surface area contributed by atoms with Gasteiger partial charge in [0.2, 0.25) is 0 Å². The standard InChI is InChI=1S/C27H21ClN4O4/c28-20-11-9-17(10-12-20)26(34)32-24(13-19-15-30-23-8-4-2-6-21(19)23)27(35)36-16-25(33)31-22-7-3-1-5-18(22)14-29/h1-12,15,24,30H,13,16H2,(H,31,33)(H,32,34)/t24-/m0/s1. The quantitative estimate of drug-likeness (QED) is 0.312. The minimum absolute atomic E-state index is 0.140. The first-order valence-corrected chi connectivity index (χ1v) is 11.4. The van der Waals surface area contributed by atoms with E-state index < -0.39 is 30.4 Å². The second kappa shape index (κ2) is 11.2. The van der Waals surface area contributed by atoms with Gasteiger partial charge in [0.1, 0.15) is 12.1 Å². The second-order valence-corrected chi connectivity index (χ2v) is 8.35. The van der Waals surface area contributed by atoms with Crippen LogP contribution in [0, 0.1) is 11.3 Å². The Morgan fingerprint density at radius 2 is 1.72 bits per heavy atom. The van der Waals surface area contributed by atoms with Crippen LogP contribution in [0.25, 0.3) is 10.9 Å². The number of benzene rings is 3. The van der Waals surface area contributed by atoms with Crippen molar-refractivity contribution in [3.63, 3.8) is 0 Å². The lowest BCUT2D eigenvalue weighted by Crippen LogP contribution is -2.44. The molecule has 3 N–H and O–H groups in total. The monoisotopic (exact) mass is 500 g/mol. The molecule has 0 aliphatic carbocycles. The maximum Gasteiger partial charge on any atom is 0.329 e. The van der Waals surface area contributed by atoms with Gasteiger partial charge in [0.05, 0.1) is 11.3 Å². The van der Waals surface area contributed by atoms with E-state index in [1.807, 2.05) is 30.3 Å². The molecule has 0 aliphatic rings. The molecule has 1 atom stereocenters. The van der Waals surface area contributed by atoms with Crippen molar-refractivity contribution in [1.29, 1.82) is 5.26 Å². The van der Waals surface area contributed by atoms with E-state index in [4.69, 9.17) is 16.3 Å². The van der Waals surface area contributed by atoms with E-state index >= 15 is 0 Å². The lowest BCUT2D eigenvalue weighted by atomic mass is 10.0. The van der Waals surface area contributed by atoms with Gasteiger partial charge < -0.3 is 20.4 Å². The summed E-state index contributed by atoms with van der Waals surface area (Å²) in [4.78, 5) is 41.4. The molecule has 0 spiro atoms. The number of aromatic amines is 1. The molecule has 0 fully saturated rings. The number of ether oxygens (including phenoxy) is 1. The normalized spacial score (nSPS) is 11.3. The van der Waals surface area contributed by atoms with Crippen molar-refractivity contribution >= 4 is 46.0 Å². The summed E-state index contributed by atoms with van der Waals surface area (Å²) in [5.41, 5.74) is 2.61. The third-order valence-electron chi connectivity index (χ3n) is 5.46. The zero-order chi connectivity index (χ0) is 25.5. The minimum atomic E-state index is -1.06. The Kier molecular flexibility index (Phi) is 7.63. The summed E-state index contributed by atoms with van der Waals surface area (Å²) in [7, 11) is 0. The van der Waals surface area contributed by atoms with Gasteiger partial charge in [0, 0.05) is 34.1 Å². The number of aromatic nitrogens is 1. The first-order valence-electron chi connectivity index (χ1n) is 11.0. The number of carbonyl (C=O) groups excluding carboxylic acids is 3. The van der Waals surface area contributed by atoms with Gasteiger partial charge in [-0.05, 0) is 48.0 Å². The number of halogens is 1. The maximum absolute atomic E-state index is 13.0. The van der Waals surface area contributed by atoms with E-state index in [2.05, 4.69) is 15.6 Å². The van der Waals surface area contributed by atoms with Crippen LogP contribution >= 0.6 is 11.6 Å². The molecule has 1 aromatic heterocycles. The Hall–Kier alpha value is -4.61. The van der Waals surface area contributed by atoms with Crippen molar-refractivity contribution in [3.8, 4) is 6.07 Å². The molecule has 0 aliphatic heterocycles. The molecule has 36 heavy (non-hydrogen) atoms. The molecule has 0 saturated carbocycles. The van der Waals surface area contributed by atoms with Crippen molar-refractivity contribution in [2.45, 2.75) is 12.5 Å². The Labute approximate surface area is 211 Å². The highest BCUT2D eigenvalue weighted by molar-refractivity contribution is 6.30. The van der Waals surface area contributed by atoms with Crippen molar-refractivity contribution in [2.75, 3.05) is 11.9 Å². The number of H-pyrrole nitrogens is 1. The number of esters is 1. The molecule has 9 heteroatoms. The number of rotatable bonds is 8. The van der Waals surface area contributed by atoms with Gasteiger partial charge in [0.25, 0.3) is 11.8 Å². The number of para-hydroxylation sites is 2. The lowest BCUT2D eigenvalue weighted by Gasteiger charge is -2.18. The number of hydrogen-bond donors (Lipinski definition) is 3. The average molecular weight is 501 g/mol. The van der Waals surface area contributed by atoms with Crippen molar-refractivity contribution < 1.29 is 19.1 Å². The SMILES string of the molecule is N#Cc1ccccc1NC(=O)COC(=O)[C@H](Cc1c[nH]c2ccccc12)NC(=O)c1ccc(Cl)cc1. The predicted octanol–water partition coefficient (Wildman–Crippen LogP) is 4.22. The van der Waals surface area contributed by atoms with Gasteiger partial charge in [-0.25, -0.2) is 4.79 Å². The third kappa shape index (κ3) is 5.90. The molecule has 0 bridgehead atoms. The summed E-state index contributed by atoms with van der Waals surface area (Å²) in [6.45, 7) is -0.584. The highest BCUT2D eigenvalue weighted by atomic mass is 35.5. The fraction of sp³-hybridized carbons (Fsp3) is 0.111. The number of fused-ring (bicyclic) bond motifs is 1. The summed E-state index contributed by atoms with van der Waals surface area (Å²) >= 11 is 5.91. The first kappa shape index (κ1) is 24.5. The molecule has 2 amide bonds. The second-order valence-electron chi connectivity index (χ2n) is 7.91. The van der Waals surface area contributed by atoms with Crippen LogP contribution in [-0.4, -0.2) is 35.4 Å². The van der Waals surface area contributed by atoms with Crippen LogP contribution < -0.4 is 10.6 Å². The third-order valence-corrected chi connectivity index (χ3v) is 5.71. The molecule has 4 rings (SSSR count). The zero-order valence-corrected chi connectivity index (χ0v) is 19.7. The summed E-state index contributed by atoms with van der Waals surface area (Å²) in [5, 5.41) is 15.8. The molecule has 1 heterocycles. The number of amides is 2. The molecular weight excluding hydrogens is 480 g/mol. The number of hydrogen-bond acceptors (Lipinski definition) is 5. The van der Waals surface area contributed by atoms with Crippen molar-refractivity contribution in [2.24, 2.45) is 0 Å². The summed E-state index contributed by atoms with van der Waals surface area (Å²) < 4.78 is 5.25. The number of nitrogens with one attached hydrogen (secondary N) is 3. The first-order chi connectivity index (χ1) is 17.4. The van der Waals surface area contributed by atoms with Crippen LogP contribution in [0.2, 0.25) is 5.02 Å². The highest BCUT2D eigenvalue weighted by Gasteiger charge is 2.25. The molecule has 0 radical (unpaired) electrons. The summed E-state index contributed by atoms with van der Waals surface area (Å²) in [6, 6.07) is 21.2. The van der Waals surface area contributed by atoms with E-state index in [-0.39, 0.29) is 12.0 Å². The van der Waals surface area contributed by atoms with Crippen LogP contribution in [0.4, 0.5) is 5.69 Å². The van der Waals surface area contributed by atoms with Crippen LogP contribution in [-0.2, 0) is 20.7 Å². The fourth-order valence-electron chi connectivity index (χ4n) is 3.67. The fourth-order valence-corrected chi connectivity index (χ4v) is 3.80. The van der Waals surface area contributed by atoms with Crippen molar-refractivity contribution in [1.82, 2.24) is 10.3 Å². The van der Waals surface area contributed by atoms with Gasteiger partial charge in [-0.2, -0.15) is 5.26 Å². The van der Waals surface area contributed by atoms with E-state index in [1.165, 1.54) is 0 Å². The number of carbonyl (C=O) groups is 3. The van der Waals surface area contributed by atoms with Crippen LogP contribution in [0.15, 0.2) is 79.0 Å². The van der Waals surface area contributed by atoms with Gasteiger partial charge >= 0.3 is 5.97 Å². The molecule has 0 saturated heterocycles. The maximum atomic E-state index is 13.0. The van der Waals surface area contributed by atoms with Crippen LogP contribution in [0.5, 0.6) is 0 Å². The Morgan fingerprint density at radius 1 is 1.00 bits per heavy atom. The molecular formula is C27H21ClN4O4. The Balaban J connectivity index is 1.48. The summed E-state index contributed by atoms with van der Waals surface area (Å²) in [6.07, 6.45) is 1.91. The van der Waals surface area contributed by atoms with Crippen molar-refractivity contribution in [3.05, 3.63) is 101 Å². The Bertz CT molecular complexity index is 1460. The molecule has 0 unspecified atom stereocenters. The zero-order valence-electron chi connectivity index (χ0n) is 19.0. The topological polar surface area (TPSA) is 124 Å². The number of nitrogens with zero attached hydrogens (tertiary/aromatic N) is 1. The van der Waals surface area contributed by atoms with Crippen LogP contribution in [0.1, 0.15) is 21.5 Å². The molecule has 3 aromatic carbocycles. The average Bonchev–Trinajstić information content (AvgIpc) is 3.30. The minimum Gasteiger partial charge on any atom is -0.454 e. The van der Waals surface area contributed by atoms with Gasteiger partial charge in [-0.1, -0.05) is 41.9 Å². The van der Waals surface area contributed by atoms with Crippen LogP contribution in [0.3, 0.4) is 0 Å². The van der Waals surface area contributed by atoms with E-state index in [1.54, 1.807) is 54.7 Å². The number of anilines is 1. The largest absolute Gasteiger partial charge is 0.454 e. The highest BCUT2D eigenvalue weighted by Crippen LogP contribution is 2.20. The molecule has 180 valence electrons.